The lowest BCUT2D eigenvalue weighted by Crippen LogP contribution is -2.23. The van der Waals surface area contributed by atoms with E-state index >= 15 is 0 Å². The highest BCUT2D eigenvalue weighted by Gasteiger charge is 2.18. The summed E-state index contributed by atoms with van der Waals surface area (Å²) in [6, 6.07) is 13.2. The maximum absolute atomic E-state index is 12.6. The molecule has 2 aromatic rings. The number of carbonyl (C=O) groups excluding carboxylic acids is 1. The van der Waals surface area contributed by atoms with Crippen LogP contribution in [0.4, 0.5) is 5.69 Å². The van der Waals surface area contributed by atoms with Gasteiger partial charge >= 0.3 is 0 Å². The van der Waals surface area contributed by atoms with E-state index in [1.165, 1.54) is 11.8 Å². The topological polar surface area (TPSA) is 29.1 Å². The summed E-state index contributed by atoms with van der Waals surface area (Å²) in [5.74, 6) is 0.346. The molecule has 24 heavy (non-hydrogen) atoms. The molecule has 1 N–H and O–H groups in total. The normalized spacial score (nSPS) is 13.4. The summed E-state index contributed by atoms with van der Waals surface area (Å²) in [4.78, 5) is 13.4. The van der Waals surface area contributed by atoms with Crippen LogP contribution in [0.25, 0.3) is 0 Å². The van der Waals surface area contributed by atoms with Crippen LogP contribution in [-0.2, 0) is 4.79 Å². The molecule has 0 bridgehead atoms. The van der Waals surface area contributed by atoms with E-state index in [2.05, 4.69) is 25.2 Å². The number of halogens is 2. The number of carbonyl (C=O) groups is 1. The molecule has 5 heteroatoms. The zero-order valence-electron chi connectivity index (χ0n) is 14.0. The van der Waals surface area contributed by atoms with Crippen LogP contribution in [-0.4, -0.2) is 11.2 Å². The van der Waals surface area contributed by atoms with Gasteiger partial charge < -0.3 is 5.32 Å². The van der Waals surface area contributed by atoms with Gasteiger partial charge in [-0.15, -0.1) is 11.8 Å². The Morgan fingerprint density at radius 3 is 2.58 bits per heavy atom. The Labute approximate surface area is 157 Å². The summed E-state index contributed by atoms with van der Waals surface area (Å²) in [7, 11) is 0. The Balaban J connectivity index is 2.11. The smallest absolute Gasteiger partial charge is 0.237 e. The average molecular weight is 382 g/mol. The fourth-order valence-corrected chi connectivity index (χ4v) is 3.72. The molecular formula is C19H21Cl2NOS. The summed E-state index contributed by atoms with van der Waals surface area (Å²) < 4.78 is 0. The molecule has 0 aliphatic carbocycles. The Bertz CT molecular complexity index is 720. The average Bonchev–Trinajstić information content (AvgIpc) is 2.57. The van der Waals surface area contributed by atoms with Crippen molar-refractivity contribution in [3.8, 4) is 0 Å². The molecule has 0 spiro atoms. The molecule has 0 aromatic heterocycles. The van der Waals surface area contributed by atoms with E-state index in [1.807, 2.05) is 25.1 Å². The van der Waals surface area contributed by atoms with Crippen molar-refractivity contribution in [1.82, 2.24) is 0 Å². The second-order valence-electron chi connectivity index (χ2n) is 5.72. The van der Waals surface area contributed by atoms with Crippen LogP contribution in [0, 0.1) is 0 Å². The molecule has 0 heterocycles. The van der Waals surface area contributed by atoms with E-state index in [0.717, 1.165) is 22.6 Å². The standard InChI is InChI=1S/C19H21Cl2NOS/c1-4-12(2)15-7-5-6-8-17(15)22-19(23)13(3)24-18-11-14(20)9-10-16(18)21/h5-13H,4H2,1-3H3,(H,22,23)/t12-,13+/m0/s1. The molecule has 2 nitrogen and oxygen atoms in total. The van der Waals surface area contributed by atoms with Crippen LogP contribution >= 0.6 is 35.0 Å². The lowest BCUT2D eigenvalue weighted by Gasteiger charge is -2.18. The van der Waals surface area contributed by atoms with Crippen molar-refractivity contribution < 1.29 is 4.79 Å². The van der Waals surface area contributed by atoms with E-state index in [0.29, 0.717) is 16.0 Å². The highest BCUT2D eigenvalue weighted by Crippen LogP contribution is 2.33. The molecule has 0 aliphatic heterocycles. The van der Waals surface area contributed by atoms with Gasteiger partial charge in [0.25, 0.3) is 0 Å². The summed E-state index contributed by atoms with van der Waals surface area (Å²) in [5, 5.41) is 3.97. The number of nitrogens with one attached hydrogen (secondary N) is 1. The van der Waals surface area contributed by atoms with Gasteiger partial charge in [-0.2, -0.15) is 0 Å². The Kier molecular flexibility index (Phi) is 7.02. The van der Waals surface area contributed by atoms with Crippen molar-refractivity contribution in [1.29, 1.82) is 0 Å². The molecular weight excluding hydrogens is 361 g/mol. The third-order valence-corrected chi connectivity index (χ3v) is 5.76. The van der Waals surface area contributed by atoms with E-state index < -0.39 is 0 Å². The van der Waals surface area contributed by atoms with Gasteiger partial charge in [0.15, 0.2) is 0 Å². The number of amides is 1. The predicted molar refractivity (Wildman–Crippen MR) is 106 cm³/mol. The lowest BCUT2D eigenvalue weighted by molar-refractivity contribution is -0.115. The number of benzene rings is 2. The predicted octanol–water partition coefficient (Wildman–Crippen LogP) is 6.63. The second kappa shape index (κ2) is 8.80. The van der Waals surface area contributed by atoms with Crippen LogP contribution in [0.2, 0.25) is 10.0 Å². The van der Waals surface area contributed by atoms with Crippen molar-refractivity contribution in [2.45, 2.75) is 43.3 Å². The molecule has 128 valence electrons. The molecule has 1 amide bonds. The number of hydrogen-bond acceptors (Lipinski definition) is 2. The Hall–Kier alpha value is -1.16. The maximum atomic E-state index is 12.6. The van der Waals surface area contributed by atoms with Gasteiger partial charge in [0.2, 0.25) is 5.91 Å². The van der Waals surface area contributed by atoms with Gasteiger partial charge in [0.1, 0.15) is 0 Å². The molecule has 0 unspecified atom stereocenters. The van der Waals surface area contributed by atoms with Gasteiger partial charge in [-0.05, 0) is 49.1 Å². The van der Waals surface area contributed by atoms with Gasteiger partial charge in [-0.1, -0.05) is 55.2 Å². The minimum absolute atomic E-state index is 0.0493. The SMILES string of the molecule is CC[C@H](C)c1ccccc1NC(=O)[C@@H](C)Sc1cc(Cl)ccc1Cl. The minimum Gasteiger partial charge on any atom is -0.325 e. The number of anilines is 1. The molecule has 0 radical (unpaired) electrons. The zero-order chi connectivity index (χ0) is 17.7. The first-order valence-electron chi connectivity index (χ1n) is 7.93. The third-order valence-electron chi connectivity index (χ3n) is 3.93. The van der Waals surface area contributed by atoms with Crippen molar-refractivity contribution in [3.63, 3.8) is 0 Å². The maximum Gasteiger partial charge on any atom is 0.237 e. The van der Waals surface area contributed by atoms with Crippen LogP contribution in [0.1, 0.15) is 38.7 Å². The molecule has 0 fully saturated rings. The minimum atomic E-state index is -0.286. The summed E-state index contributed by atoms with van der Waals surface area (Å²) in [5.41, 5.74) is 2.04. The first-order valence-corrected chi connectivity index (χ1v) is 9.57. The van der Waals surface area contributed by atoms with Crippen LogP contribution in [0.15, 0.2) is 47.4 Å². The molecule has 2 aromatic carbocycles. The molecule has 0 aliphatic rings. The first kappa shape index (κ1) is 19.2. The monoisotopic (exact) mass is 381 g/mol. The number of rotatable bonds is 6. The number of hydrogen-bond donors (Lipinski definition) is 1. The van der Waals surface area contributed by atoms with Crippen LogP contribution in [0.5, 0.6) is 0 Å². The van der Waals surface area contributed by atoms with Crippen molar-refractivity contribution >= 4 is 46.6 Å². The van der Waals surface area contributed by atoms with Gasteiger partial charge in [0.05, 0.1) is 10.3 Å². The third kappa shape index (κ3) is 4.92. The molecule has 0 saturated heterocycles. The van der Waals surface area contributed by atoms with Crippen molar-refractivity contribution in [2.75, 3.05) is 5.32 Å². The zero-order valence-corrected chi connectivity index (χ0v) is 16.3. The van der Waals surface area contributed by atoms with E-state index in [1.54, 1.807) is 18.2 Å². The van der Waals surface area contributed by atoms with E-state index in [9.17, 15) is 4.79 Å². The Morgan fingerprint density at radius 1 is 1.17 bits per heavy atom. The van der Waals surface area contributed by atoms with Gasteiger partial charge in [0, 0.05) is 15.6 Å². The van der Waals surface area contributed by atoms with E-state index in [4.69, 9.17) is 23.2 Å². The number of thioether (sulfide) groups is 1. The number of para-hydroxylation sites is 1. The van der Waals surface area contributed by atoms with Crippen LogP contribution in [0.3, 0.4) is 0 Å². The summed E-state index contributed by atoms with van der Waals surface area (Å²) in [6.07, 6.45) is 1.02. The van der Waals surface area contributed by atoms with E-state index in [-0.39, 0.29) is 11.2 Å². The van der Waals surface area contributed by atoms with Crippen molar-refractivity contribution in [2.24, 2.45) is 0 Å². The highest BCUT2D eigenvalue weighted by molar-refractivity contribution is 8.00. The summed E-state index contributed by atoms with van der Waals surface area (Å²) >= 11 is 13.6. The quantitative estimate of drug-likeness (QED) is 0.569. The van der Waals surface area contributed by atoms with Crippen LogP contribution < -0.4 is 5.32 Å². The molecule has 2 rings (SSSR count). The van der Waals surface area contributed by atoms with Gasteiger partial charge in [-0.25, -0.2) is 0 Å². The first-order chi connectivity index (χ1) is 11.4. The largest absolute Gasteiger partial charge is 0.325 e. The van der Waals surface area contributed by atoms with Gasteiger partial charge in [-0.3, -0.25) is 4.79 Å². The second-order valence-corrected chi connectivity index (χ2v) is 7.95. The summed E-state index contributed by atoms with van der Waals surface area (Å²) in [6.45, 7) is 6.17. The van der Waals surface area contributed by atoms with Crippen molar-refractivity contribution in [3.05, 3.63) is 58.1 Å². The molecule has 0 saturated carbocycles. The fourth-order valence-electron chi connectivity index (χ4n) is 2.31. The highest BCUT2D eigenvalue weighted by atomic mass is 35.5. The fraction of sp³-hybridized carbons (Fsp3) is 0.316. The molecule has 2 atom stereocenters. The Morgan fingerprint density at radius 2 is 1.88 bits per heavy atom. The lowest BCUT2D eigenvalue weighted by atomic mass is 9.97.